The van der Waals surface area contributed by atoms with Gasteiger partial charge >= 0.3 is 7.12 Å². The van der Waals surface area contributed by atoms with Crippen molar-refractivity contribution in [2.75, 3.05) is 0 Å². The first kappa shape index (κ1) is 15.8. The lowest BCUT2D eigenvalue weighted by molar-refractivity contribution is 0.00578. The van der Waals surface area contributed by atoms with E-state index in [2.05, 4.69) is 43.0 Å². The molecule has 1 saturated heterocycles. The smallest absolute Gasteiger partial charge is 0.403 e. The van der Waals surface area contributed by atoms with Gasteiger partial charge in [0.15, 0.2) is 0 Å². The molecule has 4 rings (SSSR count). The molecule has 3 heterocycles. The summed E-state index contributed by atoms with van der Waals surface area (Å²) in [6, 6.07) is 3.97. The molecule has 7 heteroatoms. The minimum absolute atomic E-state index is 0.155. The number of pyridine rings is 1. The van der Waals surface area contributed by atoms with Crippen molar-refractivity contribution in [3.63, 3.8) is 0 Å². The van der Waals surface area contributed by atoms with Gasteiger partial charge in [0, 0.05) is 18.6 Å². The Morgan fingerprint density at radius 1 is 1.17 bits per heavy atom. The highest BCUT2D eigenvalue weighted by Crippen LogP contribution is 2.54. The van der Waals surface area contributed by atoms with Crippen molar-refractivity contribution in [1.29, 1.82) is 0 Å². The molecule has 0 aromatic carbocycles. The largest absolute Gasteiger partial charge is 0.470 e. The van der Waals surface area contributed by atoms with E-state index >= 15 is 0 Å². The first-order valence-corrected chi connectivity index (χ1v) is 8.48. The summed E-state index contributed by atoms with van der Waals surface area (Å²) in [5, 5.41) is 8.55. The van der Waals surface area contributed by atoms with Crippen LogP contribution in [-0.4, -0.2) is 38.3 Å². The summed E-state index contributed by atoms with van der Waals surface area (Å²) in [6.07, 6.45) is 7.69. The molecule has 0 atom stereocenters. The molecule has 2 aromatic rings. The molecule has 0 N–H and O–H groups in total. The number of rotatable bonds is 4. The normalized spacial score (nSPS) is 23.4. The predicted octanol–water partition coefficient (Wildman–Crippen LogP) is 2.38. The van der Waals surface area contributed by atoms with Crippen LogP contribution in [0.2, 0.25) is 0 Å². The van der Waals surface area contributed by atoms with Crippen LogP contribution in [0.15, 0.2) is 30.7 Å². The molecule has 1 saturated carbocycles. The van der Waals surface area contributed by atoms with Crippen LogP contribution in [0.4, 0.5) is 0 Å². The Morgan fingerprint density at radius 3 is 2.46 bits per heavy atom. The molecule has 2 fully saturated rings. The Kier molecular flexibility index (Phi) is 3.38. The highest BCUT2D eigenvalue weighted by Gasteiger charge is 2.66. The second-order valence-corrected chi connectivity index (χ2v) is 7.91. The average molecular weight is 326 g/mol. The van der Waals surface area contributed by atoms with Gasteiger partial charge in [0.1, 0.15) is 0 Å². The first-order chi connectivity index (χ1) is 11.3. The third-order valence-corrected chi connectivity index (χ3v) is 5.61. The number of hydrogen-bond acceptors (Lipinski definition) is 5. The Balaban J connectivity index is 1.54. The van der Waals surface area contributed by atoms with E-state index in [4.69, 9.17) is 9.31 Å². The van der Waals surface area contributed by atoms with E-state index in [0.29, 0.717) is 6.54 Å². The molecule has 0 spiro atoms. The van der Waals surface area contributed by atoms with Crippen LogP contribution >= 0.6 is 0 Å². The third kappa shape index (κ3) is 2.47. The maximum Gasteiger partial charge on any atom is 0.470 e. The van der Waals surface area contributed by atoms with E-state index in [1.54, 1.807) is 6.20 Å². The standard InChI is InChI=1S/C17H23BN4O2/c1-15(2)16(3,4)24-18(23-15)17(7-8-17)14-12-22(21-20-14)11-13-6-5-9-19-10-13/h5-6,9-10,12H,7-8,11H2,1-4H3. The molecule has 0 radical (unpaired) electrons. The van der Waals surface area contributed by atoms with Gasteiger partial charge in [-0.25, -0.2) is 4.68 Å². The average Bonchev–Trinajstić information content (AvgIpc) is 3.14. The Morgan fingerprint density at radius 2 is 1.88 bits per heavy atom. The SMILES string of the molecule is CC1(C)OB(C2(c3cn(Cc4cccnc4)nn3)CC2)OC1(C)C. The number of nitrogens with zero attached hydrogens (tertiary/aromatic N) is 4. The highest BCUT2D eigenvalue weighted by molar-refractivity contribution is 6.51. The summed E-state index contributed by atoms with van der Waals surface area (Å²) < 4.78 is 14.4. The lowest BCUT2D eigenvalue weighted by Crippen LogP contribution is -2.41. The van der Waals surface area contributed by atoms with Gasteiger partial charge in [-0.1, -0.05) is 11.3 Å². The fraction of sp³-hybridized carbons (Fsp3) is 0.588. The molecular weight excluding hydrogens is 303 g/mol. The monoisotopic (exact) mass is 326 g/mol. The van der Waals surface area contributed by atoms with Crippen LogP contribution in [0.1, 0.15) is 51.8 Å². The van der Waals surface area contributed by atoms with E-state index < -0.39 is 0 Å². The van der Waals surface area contributed by atoms with Crippen LogP contribution in [0.25, 0.3) is 0 Å². The number of hydrogen-bond donors (Lipinski definition) is 0. The quantitative estimate of drug-likeness (QED) is 0.807. The summed E-state index contributed by atoms with van der Waals surface area (Å²) in [5.41, 5.74) is 1.43. The molecule has 0 unspecified atom stereocenters. The van der Waals surface area contributed by atoms with Crippen molar-refractivity contribution < 1.29 is 9.31 Å². The van der Waals surface area contributed by atoms with Gasteiger partial charge in [-0.15, -0.1) is 5.10 Å². The fourth-order valence-electron chi connectivity index (χ4n) is 3.10. The molecule has 126 valence electrons. The van der Waals surface area contributed by atoms with Crippen LogP contribution in [0.3, 0.4) is 0 Å². The molecule has 0 amide bonds. The van der Waals surface area contributed by atoms with Gasteiger partial charge in [-0.3, -0.25) is 4.98 Å². The summed E-state index contributed by atoms with van der Waals surface area (Å²) in [5.74, 6) is 0. The maximum atomic E-state index is 6.26. The summed E-state index contributed by atoms with van der Waals surface area (Å²) in [4.78, 5) is 4.14. The molecule has 24 heavy (non-hydrogen) atoms. The van der Waals surface area contributed by atoms with E-state index in [-0.39, 0.29) is 23.6 Å². The minimum Gasteiger partial charge on any atom is -0.403 e. The zero-order chi connectivity index (χ0) is 17.0. The summed E-state index contributed by atoms with van der Waals surface area (Å²) in [6.45, 7) is 9.01. The molecule has 1 aliphatic heterocycles. The number of aromatic nitrogens is 4. The molecule has 2 aromatic heterocycles. The van der Waals surface area contributed by atoms with Crippen LogP contribution in [0.5, 0.6) is 0 Å². The van der Waals surface area contributed by atoms with Crippen LogP contribution in [-0.2, 0) is 21.2 Å². The first-order valence-electron chi connectivity index (χ1n) is 8.48. The lowest BCUT2D eigenvalue weighted by Gasteiger charge is -2.32. The van der Waals surface area contributed by atoms with Crippen molar-refractivity contribution >= 4 is 7.12 Å². The van der Waals surface area contributed by atoms with Crippen molar-refractivity contribution in [2.24, 2.45) is 0 Å². The van der Waals surface area contributed by atoms with E-state index in [1.807, 2.05) is 29.2 Å². The molecule has 1 aliphatic carbocycles. The van der Waals surface area contributed by atoms with Gasteiger partial charge in [0.25, 0.3) is 0 Å². The van der Waals surface area contributed by atoms with Crippen molar-refractivity contribution in [1.82, 2.24) is 20.0 Å². The van der Waals surface area contributed by atoms with Crippen molar-refractivity contribution in [3.05, 3.63) is 42.0 Å². The molecule has 0 bridgehead atoms. The van der Waals surface area contributed by atoms with E-state index in [1.165, 1.54) is 0 Å². The summed E-state index contributed by atoms with van der Waals surface area (Å²) in [7, 11) is -0.258. The van der Waals surface area contributed by atoms with Crippen LogP contribution < -0.4 is 0 Å². The van der Waals surface area contributed by atoms with Crippen molar-refractivity contribution in [2.45, 2.75) is 63.6 Å². The maximum absolute atomic E-state index is 6.26. The Hall–Kier alpha value is -1.73. The molecular formula is C17H23BN4O2. The zero-order valence-electron chi connectivity index (χ0n) is 14.7. The van der Waals surface area contributed by atoms with Crippen LogP contribution in [0, 0.1) is 0 Å². The van der Waals surface area contributed by atoms with E-state index in [0.717, 1.165) is 24.1 Å². The second-order valence-electron chi connectivity index (χ2n) is 7.91. The predicted molar refractivity (Wildman–Crippen MR) is 90.4 cm³/mol. The van der Waals surface area contributed by atoms with E-state index in [9.17, 15) is 0 Å². The van der Waals surface area contributed by atoms with Gasteiger partial charge in [-0.05, 0) is 52.2 Å². The highest BCUT2D eigenvalue weighted by atomic mass is 16.7. The fourth-order valence-corrected chi connectivity index (χ4v) is 3.10. The van der Waals surface area contributed by atoms with Gasteiger partial charge in [0.05, 0.1) is 28.8 Å². The van der Waals surface area contributed by atoms with Gasteiger partial charge in [0.2, 0.25) is 0 Å². The topological polar surface area (TPSA) is 62.1 Å². The summed E-state index contributed by atoms with van der Waals surface area (Å²) >= 11 is 0. The third-order valence-electron chi connectivity index (χ3n) is 5.61. The lowest BCUT2D eigenvalue weighted by atomic mass is 9.66. The Labute approximate surface area is 142 Å². The Bertz CT molecular complexity index is 724. The molecule has 2 aliphatic rings. The zero-order valence-corrected chi connectivity index (χ0v) is 14.7. The minimum atomic E-state index is -0.320. The van der Waals surface area contributed by atoms with Gasteiger partial charge in [-0.2, -0.15) is 0 Å². The van der Waals surface area contributed by atoms with Crippen molar-refractivity contribution in [3.8, 4) is 0 Å². The van der Waals surface area contributed by atoms with Gasteiger partial charge < -0.3 is 9.31 Å². The molecule has 6 nitrogen and oxygen atoms in total. The second kappa shape index (κ2) is 5.13.